The number of allylic oxidation sites excluding steroid dienone is 3. The van der Waals surface area contributed by atoms with Crippen LogP contribution in [-0.4, -0.2) is 4.98 Å². The van der Waals surface area contributed by atoms with E-state index in [1.54, 1.807) is 0 Å². The van der Waals surface area contributed by atoms with Crippen molar-refractivity contribution >= 4 is 65.6 Å². The summed E-state index contributed by atoms with van der Waals surface area (Å²) < 4.78 is 6.42. The highest BCUT2D eigenvalue weighted by Gasteiger charge is 2.23. The van der Waals surface area contributed by atoms with Gasteiger partial charge in [0.25, 0.3) is 0 Å². The maximum atomic E-state index is 6.42. The topological polar surface area (TPSA) is 29.3 Å². The van der Waals surface area contributed by atoms with Gasteiger partial charge in [-0.05, 0) is 104 Å². The first-order valence-corrected chi connectivity index (χ1v) is 19.3. The monoisotopic (exact) mass is 716 g/mol. The van der Waals surface area contributed by atoms with Crippen LogP contribution in [0.3, 0.4) is 0 Å². The normalized spacial score (nSPS) is 14.2. The maximum absolute atomic E-state index is 6.42. The molecule has 3 nitrogen and oxygen atoms in total. The van der Waals surface area contributed by atoms with Crippen molar-refractivity contribution in [2.75, 3.05) is 4.90 Å². The number of hydrogen-bond acceptors (Lipinski definition) is 3. The van der Waals surface area contributed by atoms with Crippen molar-refractivity contribution in [3.63, 3.8) is 0 Å². The fourth-order valence-electron chi connectivity index (χ4n) is 8.70. The summed E-state index contributed by atoms with van der Waals surface area (Å²) in [5, 5.41) is 9.42. The minimum Gasteiger partial charge on any atom is -0.456 e. The van der Waals surface area contributed by atoms with Gasteiger partial charge >= 0.3 is 0 Å². The summed E-state index contributed by atoms with van der Waals surface area (Å²) in [6, 6.07) is 61.0. The molecule has 10 aromatic rings. The molecule has 2 heterocycles. The molecule has 0 aliphatic heterocycles. The van der Waals surface area contributed by atoms with Crippen LogP contribution in [0.1, 0.15) is 17.9 Å². The Balaban J connectivity index is 1.04. The van der Waals surface area contributed by atoms with Crippen molar-refractivity contribution in [3.8, 4) is 22.3 Å². The second-order valence-corrected chi connectivity index (χ2v) is 14.7. The summed E-state index contributed by atoms with van der Waals surface area (Å²) in [6.45, 7) is 0. The average molecular weight is 717 g/mol. The molecule has 0 bridgehead atoms. The van der Waals surface area contributed by atoms with Crippen molar-refractivity contribution in [1.82, 2.24) is 4.98 Å². The van der Waals surface area contributed by atoms with Gasteiger partial charge in [0, 0.05) is 45.0 Å². The molecule has 1 unspecified atom stereocenters. The molecule has 0 N–H and O–H groups in total. The van der Waals surface area contributed by atoms with Crippen LogP contribution in [0.2, 0.25) is 0 Å². The zero-order valence-corrected chi connectivity index (χ0v) is 30.6. The molecule has 0 fully saturated rings. The Kier molecular flexibility index (Phi) is 7.63. The number of furan rings is 1. The first-order valence-electron chi connectivity index (χ1n) is 19.3. The number of rotatable bonds is 6. The molecule has 0 saturated heterocycles. The van der Waals surface area contributed by atoms with Crippen LogP contribution < -0.4 is 4.90 Å². The third-order valence-corrected chi connectivity index (χ3v) is 11.4. The summed E-state index contributed by atoms with van der Waals surface area (Å²) >= 11 is 0. The van der Waals surface area contributed by atoms with E-state index in [0.29, 0.717) is 0 Å². The number of nitrogens with zero attached hydrogens (tertiary/aromatic N) is 2. The van der Waals surface area contributed by atoms with Crippen molar-refractivity contribution < 1.29 is 4.42 Å². The Labute approximate surface area is 325 Å². The lowest BCUT2D eigenvalue weighted by Crippen LogP contribution is -2.18. The lowest BCUT2D eigenvalue weighted by Gasteiger charge is -2.30. The van der Waals surface area contributed by atoms with Gasteiger partial charge in [-0.15, -0.1) is 0 Å². The van der Waals surface area contributed by atoms with E-state index in [1.807, 2.05) is 24.5 Å². The number of fused-ring (bicyclic) bond motifs is 6. The zero-order chi connectivity index (χ0) is 37.0. The lowest BCUT2D eigenvalue weighted by atomic mass is 9.85. The largest absolute Gasteiger partial charge is 0.456 e. The van der Waals surface area contributed by atoms with E-state index >= 15 is 0 Å². The number of pyridine rings is 1. The molecule has 3 heteroatoms. The fourth-order valence-corrected chi connectivity index (χ4v) is 8.70. The molecular weight excluding hydrogens is 681 g/mol. The highest BCUT2D eigenvalue weighted by atomic mass is 16.3. The first-order chi connectivity index (χ1) is 27.7. The molecular formula is C53H36N2O. The Morgan fingerprint density at radius 1 is 0.500 bits per heavy atom. The zero-order valence-electron chi connectivity index (χ0n) is 30.6. The molecule has 1 aliphatic rings. The SMILES string of the molecule is C1=CC(c2cc(-c3ccccc3)cc3ccccc23)CC=C1N(c1ccc(-c2cccc3ccccc23)cc1)c1cncc2cc3c(cc12)oc1ccccc13. The highest BCUT2D eigenvalue weighted by molar-refractivity contribution is 6.12. The molecule has 264 valence electrons. The number of hydrogen-bond donors (Lipinski definition) is 0. The van der Waals surface area contributed by atoms with Crippen LogP contribution in [-0.2, 0) is 0 Å². The van der Waals surface area contributed by atoms with Gasteiger partial charge in [-0.3, -0.25) is 4.98 Å². The Morgan fingerprint density at radius 3 is 2.09 bits per heavy atom. The number of anilines is 2. The first kappa shape index (κ1) is 32.2. The molecule has 8 aromatic carbocycles. The van der Waals surface area contributed by atoms with E-state index in [9.17, 15) is 0 Å². The number of benzene rings is 8. The second-order valence-electron chi connectivity index (χ2n) is 14.7. The van der Waals surface area contributed by atoms with Gasteiger partial charge in [0.15, 0.2) is 0 Å². The second kappa shape index (κ2) is 13.3. The van der Waals surface area contributed by atoms with Gasteiger partial charge in [-0.25, -0.2) is 0 Å². The molecule has 0 spiro atoms. The fraction of sp³-hybridized carbons (Fsp3) is 0.0377. The molecule has 2 aromatic heterocycles. The van der Waals surface area contributed by atoms with Gasteiger partial charge in [-0.1, -0.05) is 140 Å². The van der Waals surface area contributed by atoms with Crippen LogP contribution in [0.4, 0.5) is 11.4 Å². The molecule has 1 atom stereocenters. The van der Waals surface area contributed by atoms with Crippen molar-refractivity contribution in [3.05, 3.63) is 212 Å². The number of aromatic nitrogens is 1. The van der Waals surface area contributed by atoms with E-state index < -0.39 is 0 Å². The summed E-state index contributed by atoms with van der Waals surface area (Å²) in [5.74, 6) is 0.226. The van der Waals surface area contributed by atoms with Crippen LogP contribution in [0.15, 0.2) is 211 Å². The highest BCUT2D eigenvalue weighted by Crippen LogP contribution is 2.43. The lowest BCUT2D eigenvalue weighted by molar-refractivity contribution is 0.669. The predicted octanol–water partition coefficient (Wildman–Crippen LogP) is 14.5. The van der Waals surface area contributed by atoms with E-state index in [1.165, 1.54) is 49.4 Å². The smallest absolute Gasteiger partial charge is 0.136 e. The summed E-state index contributed by atoms with van der Waals surface area (Å²) in [7, 11) is 0. The van der Waals surface area contributed by atoms with Crippen LogP contribution in [0, 0.1) is 0 Å². The van der Waals surface area contributed by atoms with E-state index in [-0.39, 0.29) is 5.92 Å². The van der Waals surface area contributed by atoms with Crippen LogP contribution in [0.5, 0.6) is 0 Å². The molecule has 0 amide bonds. The minimum atomic E-state index is 0.226. The summed E-state index contributed by atoms with van der Waals surface area (Å²) in [4.78, 5) is 7.20. The summed E-state index contributed by atoms with van der Waals surface area (Å²) in [5.41, 5.74) is 11.2. The van der Waals surface area contributed by atoms with Crippen LogP contribution >= 0.6 is 0 Å². The Morgan fingerprint density at radius 2 is 1.25 bits per heavy atom. The van der Waals surface area contributed by atoms with Crippen LogP contribution in [0.25, 0.3) is 76.5 Å². The third kappa shape index (κ3) is 5.48. The predicted molar refractivity (Wildman–Crippen MR) is 235 cm³/mol. The molecule has 0 radical (unpaired) electrons. The minimum absolute atomic E-state index is 0.226. The van der Waals surface area contributed by atoms with E-state index in [0.717, 1.165) is 56.2 Å². The quantitative estimate of drug-likeness (QED) is 0.172. The van der Waals surface area contributed by atoms with E-state index in [2.05, 4.69) is 181 Å². The van der Waals surface area contributed by atoms with Gasteiger partial charge < -0.3 is 9.32 Å². The van der Waals surface area contributed by atoms with Crippen molar-refractivity contribution in [2.24, 2.45) is 0 Å². The average Bonchev–Trinajstić information content (AvgIpc) is 3.63. The van der Waals surface area contributed by atoms with Gasteiger partial charge in [0.1, 0.15) is 11.2 Å². The molecule has 56 heavy (non-hydrogen) atoms. The molecule has 1 aliphatic carbocycles. The van der Waals surface area contributed by atoms with Gasteiger partial charge in [-0.2, -0.15) is 0 Å². The molecule has 11 rings (SSSR count). The van der Waals surface area contributed by atoms with E-state index in [4.69, 9.17) is 9.40 Å². The van der Waals surface area contributed by atoms with Crippen molar-refractivity contribution in [2.45, 2.75) is 12.3 Å². The Hall–Kier alpha value is -7.23. The van der Waals surface area contributed by atoms with Gasteiger partial charge in [0.05, 0.1) is 11.9 Å². The molecule has 0 saturated carbocycles. The summed E-state index contributed by atoms with van der Waals surface area (Å²) in [6.07, 6.45) is 11.9. The number of para-hydroxylation sites is 1. The third-order valence-electron chi connectivity index (χ3n) is 11.4. The Bertz CT molecular complexity index is 3170. The standard InChI is InChI=1S/C53H36N2O/c1-2-11-35(12-3-1)40-29-39-14-5-7-17-46(39)48(30-40)38-23-27-43(28-24-38)55(42-25-21-37(22-26-42)45-19-10-15-36-13-4-6-16-44(36)45)51-34-54-33-41-31-50-47-18-8-9-20-52(47)56-53(50)32-49(41)51/h1-23,25-34,38H,24H2. The van der Waals surface area contributed by atoms with Gasteiger partial charge in [0.2, 0.25) is 0 Å². The van der Waals surface area contributed by atoms with Crippen molar-refractivity contribution in [1.29, 1.82) is 0 Å². The maximum Gasteiger partial charge on any atom is 0.136 e.